The van der Waals surface area contributed by atoms with E-state index in [0.717, 1.165) is 0 Å². The third kappa shape index (κ3) is 6.61. The van der Waals surface area contributed by atoms with Gasteiger partial charge in [-0.3, -0.25) is 0 Å². The van der Waals surface area contributed by atoms with Crippen LogP contribution in [0.4, 0.5) is 189 Å². The van der Waals surface area contributed by atoms with Crippen molar-refractivity contribution in [3.8, 4) is 0 Å². The Morgan fingerprint density at radius 1 is 0.296 bits per heavy atom. The number of carbonyl (C=O) groups is 1. The Morgan fingerprint density at radius 3 is 0.634 bits per heavy atom. The van der Waals surface area contributed by atoms with Gasteiger partial charge in [-0.15, -0.1) is 0 Å². The number of alkyl halides is 43. The molecule has 0 saturated heterocycles. The molecule has 0 aliphatic heterocycles. The van der Waals surface area contributed by atoms with E-state index in [4.69, 9.17) is 0 Å². The quantitative estimate of drug-likeness (QED) is 0.111. The van der Waals surface area contributed by atoms with Gasteiger partial charge in [0.05, 0.1) is 0 Å². The molecule has 2 nitrogen and oxygen atoms in total. The van der Waals surface area contributed by atoms with Gasteiger partial charge >= 0.3 is 136 Å². The van der Waals surface area contributed by atoms with Crippen LogP contribution in [0, 0.1) is 0 Å². The van der Waals surface area contributed by atoms with E-state index in [1.807, 2.05) is 4.74 Å². The van der Waals surface area contributed by atoms with E-state index in [1.54, 1.807) is 0 Å². The number of hydrogen-bond donors (Lipinski definition) is 0. The van der Waals surface area contributed by atoms with Gasteiger partial charge in [-0.05, 0) is 6.92 Å². The number of carbonyl (C=O) groups excluding carboxylic acids is 1. The largest absolute Gasteiger partial charge is 0.473 e. The molecule has 0 aromatic heterocycles. The summed E-state index contributed by atoms with van der Waals surface area (Å²) in [6.45, 7) is 2.11. The van der Waals surface area contributed by atoms with Crippen LogP contribution in [0.2, 0.25) is 0 Å². The van der Waals surface area contributed by atoms with Crippen molar-refractivity contribution in [3.63, 3.8) is 0 Å². The highest BCUT2D eigenvalue weighted by atomic mass is 19.4. The Labute approximate surface area is 355 Å². The Hall–Kier alpha value is -3.80. The third-order valence-electron chi connectivity index (χ3n) is 9.33. The van der Waals surface area contributed by atoms with Gasteiger partial charge < -0.3 is 4.74 Å². The van der Waals surface area contributed by atoms with E-state index in [9.17, 15) is 180 Å². The molecule has 1 fully saturated rings. The number of rotatable bonds is 12. The molecule has 0 radical (unpaired) electrons. The Kier molecular flexibility index (Phi) is 14.1. The Bertz CT molecular complexity index is 2000. The molecule has 422 valence electrons. The topological polar surface area (TPSA) is 26.3 Å². The average Bonchev–Trinajstić information content (AvgIpc) is 3.14. The Balaban J connectivity index is 4.86. The first-order valence-electron chi connectivity index (χ1n) is 15.3. The minimum Gasteiger partial charge on any atom is -0.393 e. The molecule has 0 spiro atoms. The van der Waals surface area contributed by atoms with Crippen molar-refractivity contribution in [1.82, 2.24) is 0 Å². The summed E-state index contributed by atoms with van der Waals surface area (Å²) in [6.07, 6.45) is -8.08. The molecule has 1 aliphatic rings. The van der Waals surface area contributed by atoms with Crippen molar-refractivity contribution in [3.05, 3.63) is 12.2 Å². The maximum absolute atomic E-state index is 15.6. The van der Waals surface area contributed by atoms with E-state index in [1.165, 1.54) is 0 Å². The molecular weight excluding hydrogens is 1160 g/mol. The molecule has 45 heteroatoms. The van der Waals surface area contributed by atoms with Crippen LogP contribution in [-0.2, 0) is 9.53 Å². The van der Waals surface area contributed by atoms with Crippen LogP contribution < -0.4 is 0 Å². The normalized spacial score (nSPS) is 25.5. The molecule has 0 unspecified atom stereocenters. The summed E-state index contributed by atoms with van der Waals surface area (Å²) in [5.41, 5.74) is -13.9. The van der Waals surface area contributed by atoms with Crippen molar-refractivity contribution < 1.29 is 198 Å². The van der Waals surface area contributed by atoms with Crippen LogP contribution in [0.5, 0.6) is 0 Å². The van der Waals surface area contributed by atoms with Crippen molar-refractivity contribution in [1.29, 1.82) is 0 Å². The summed E-state index contributed by atoms with van der Waals surface area (Å²) in [5.74, 6) is -217. The SMILES string of the molecule is C=C(C)C(=O)OC(F)(F)C(F)(F)C(F)(F)C(F)(F)C(F)(F)C(F)(F)C(F)(F)C(F)(F)C(F)(F)C(F)(F)C1(F)C(F)(F)C(F)(F)C(F)(F)C(F)(F)C(F)(F)C(F)(F)C(F)(F)C(F)(F)C(F)(F)C(F)(F)C1(F)F. The van der Waals surface area contributed by atoms with Crippen molar-refractivity contribution in [2.45, 2.75) is 137 Å². The lowest BCUT2D eigenvalue weighted by atomic mass is 9.70. The molecule has 1 aliphatic carbocycles. The first-order chi connectivity index (χ1) is 29.8. The van der Waals surface area contributed by atoms with E-state index in [0.29, 0.717) is 0 Å². The molecule has 1 saturated carbocycles. The van der Waals surface area contributed by atoms with Crippen LogP contribution in [-0.4, -0.2) is 136 Å². The lowest BCUT2D eigenvalue weighted by Crippen LogP contribution is -2.88. The average molecular weight is 1170 g/mol. The van der Waals surface area contributed by atoms with Crippen LogP contribution in [0.25, 0.3) is 0 Å². The maximum Gasteiger partial charge on any atom is 0.473 e. The second kappa shape index (κ2) is 15.4. The molecule has 0 aromatic rings. The zero-order chi connectivity index (χ0) is 58.9. The van der Waals surface area contributed by atoms with Crippen LogP contribution in [0.1, 0.15) is 6.92 Å². The highest BCUT2D eigenvalue weighted by Crippen LogP contribution is 2.76. The minimum absolute atomic E-state index is 0.0423. The first kappa shape index (κ1) is 65.2. The highest BCUT2D eigenvalue weighted by molar-refractivity contribution is 5.87. The van der Waals surface area contributed by atoms with Gasteiger partial charge in [0.2, 0.25) is 0 Å². The lowest BCUT2D eigenvalue weighted by molar-refractivity contribution is -0.520. The number of ether oxygens (including phenoxy) is 1. The molecule has 71 heavy (non-hydrogen) atoms. The van der Waals surface area contributed by atoms with E-state index in [-0.39, 0.29) is 6.92 Å². The molecule has 0 atom stereocenters. The first-order valence-corrected chi connectivity index (χ1v) is 15.3. The van der Waals surface area contributed by atoms with Crippen LogP contribution >= 0.6 is 0 Å². The smallest absolute Gasteiger partial charge is 0.393 e. The maximum atomic E-state index is 15.6. The van der Waals surface area contributed by atoms with Gasteiger partial charge in [-0.1, -0.05) is 6.58 Å². The predicted octanol–water partition coefficient (Wildman–Crippen LogP) is 14.1. The summed E-state index contributed by atoms with van der Waals surface area (Å²) >= 11 is 0. The minimum atomic E-state index is -12.0. The number of hydrogen-bond acceptors (Lipinski definition) is 2. The highest BCUT2D eigenvalue weighted by Gasteiger charge is 3.09. The lowest BCUT2D eigenvalue weighted by Gasteiger charge is -2.53. The summed E-state index contributed by atoms with van der Waals surface area (Å²) < 4.78 is 617. The van der Waals surface area contributed by atoms with Gasteiger partial charge in [-0.2, -0.15) is 184 Å². The van der Waals surface area contributed by atoms with Gasteiger partial charge in [0.15, 0.2) is 0 Å². The van der Waals surface area contributed by atoms with Crippen LogP contribution in [0.3, 0.4) is 0 Å². The van der Waals surface area contributed by atoms with E-state index < -0.39 is 142 Å². The molecule has 0 aromatic carbocycles. The van der Waals surface area contributed by atoms with Gasteiger partial charge in [-0.25, -0.2) is 9.18 Å². The standard InChI is InChI=1S/C26H5F43O2/c1-3(2)4(70)71-26(68,69)25(66,67)24(64,65)23(62,63)22(60,61)20(56,57)17(50,51)14(44,45)11(38,39)8(32,33)5(27)6(28,29)9(34,35)12(40,41)15(46,47)18(52,53)21(58,59)19(54,55)16(48,49)13(42,43)10(36,37)7(5,30)31/h1H2,2H3. The third-order valence-corrected chi connectivity index (χ3v) is 9.33. The number of esters is 1. The molecular formula is C26H5F43O2. The van der Waals surface area contributed by atoms with E-state index >= 15 is 13.2 Å². The fourth-order valence-corrected chi connectivity index (χ4v) is 4.85. The van der Waals surface area contributed by atoms with Crippen LogP contribution in [0.15, 0.2) is 12.2 Å². The second-order valence-corrected chi connectivity index (χ2v) is 13.8. The zero-order valence-corrected chi connectivity index (χ0v) is 30.8. The summed E-state index contributed by atoms with van der Waals surface area (Å²) in [6, 6.07) is 0. The van der Waals surface area contributed by atoms with Gasteiger partial charge in [0.1, 0.15) is 0 Å². The molecule has 0 heterocycles. The number of halogens is 43. The fourth-order valence-electron chi connectivity index (χ4n) is 4.85. The molecule has 0 amide bonds. The second-order valence-electron chi connectivity index (χ2n) is 13.8. The predicted molar refractivity (Wildman–Crippen MR) is 129 cm³/mol. The zero-order valence-electron chi connectivity index (χ0n) is 30.8. The van der Waals surface area contributed by atoms with Gasteiger partial charge in [0, 0.05) is 5.57 Å². The summed E-state index contributed by atoms with van der Waals surface area (Å²) in [5, 5.41) is 0. The monoisotopic (exact) mass is 1170 g/mol. The van der Waals surface area contributed by atoms with Crippen molar-refractivity contribution in [2.24, 2.45) is 0 Å². The summed E-state index contributed by atoms with van der Waals surface area (Å²) in [7, 11) is 0. The van der Waals surface area contributed by atoms with Crippen molar-refractivity contribution >= 4 is 5.97 Å². The van der Waals surface area contributed by atoms with Gasteiger partial charge in [0.25, 0.3) is 0 Å². The molecule has 0 N–H and O–H groups in total. The van der Waals surface area contributed by atoms with Crippen molar-refractivity contribution in [2.75, 3.05) is 0 Å². The Morgan fingerprint density at radius 2 is 0.451 bits per heavy atom. The fraction of sp³-hybridized carbons (Fsp3) is 0.885. The molecule has 1 rings (SSSR count). The van der Waals surface area contributed by atoms with E-state index in [2.05, 4.69) is 6.58 Å². The summed E-state index contributed by atoms with van der Waals surface area (Å²) in [4.78, 5) is 11.0. The molecule has 0 bridgehead atoms.